The number of rotatable bonds is 6. The minimum atomic E-state index is -4.90. The summed E-state index contributed by atoms with van der Waals surface area (Å²) in [6, 6.07) is 9.02. The SMILES string of the molecule is Cn1ccc(-c2cc(C(=O)Nc3cc(Cc4nnn(C)n4)nn3-c3ccc(F)cc3)c(F)cc2C(F)(F)F)n1. The van der Waals surface area contributed by atoms with Crippen molar-refractivity contribution in [3.63, 3.8) is 0 Å². The molecule has 39 heavy (non-hydrogen) atoms. The number of nitrogens with one attached hydrogen (secondary N) is 1. The zero-order valence-corrected chi connectivity index (χ0v) is 20.3. The molecule has 2 aromatic carbocycles. The molecule has 5 aromatic rings. The first-order valence-corrected chi connectivity index (χ1v) is 11.3. The van der Waals surface area contributed by atoms with Gasteiger partial charge in [0.1, 0.15) is 17.5 Å². The van der Waals surface area contributed by atoms with Crippen LogP contribution in [0.3, 0.4) is 0 Å². The Kier molecular flexibility index (Phi) is 6.41. The molecule has 0 saturated heterocycles. The highest BCUT2D eigenvalue weighted by atomic mass is 19.4. The van der Waals surface area contributed by atoms with Crippen molar-refractivity contribution in [1.29, 1.82) is 0 Å². The molecular weight excluding hydrogens is 525 g/mol. The van der Waals surface area contributed by atoms with Crippen LogP contribution in [-0.2, 0) is 26.7 Å². The van der Waals surface area contributed by atoms with E-state index in [4.69, 9.17) is 0 Å². The summed E-state index contributed by atoms with van der Waals surface area (Å²) in [5.41, 5.74) is -1.74. The molecule has 1 amide bonds. The summed E-state index contributed by atoms with van der Waals surface area (Å²) < 4.78 is 72.1. The third-order valence-electron chi connectivity index (χ3n) is 5.61. The van der Waals surface area contributed by atoms with Crippen molar-refractivity contribution in [3.8, 4) is 16.9 Å². The molecule has 0 atom stereocenters. The van der Waals surface area contributed by atoms with Gasteiger partial charge in [-0.3, -0.25) is 9.48 Å². The van der Waals surface area contributed by atoms with E-state index in [1.807, 2.05) is 0 Å². The van der Waals surface area contributed by atoms with Crippen LogP contribution in [0.5, 0.6) is 0 Å². The van der Waals surface area contributed by atoms with Crippen molar-refractivity contribution < 1.29 is 26.7 Å². The highest BCUT2D eigenvalue weighted by Gasteiger charge is 2.36. The molecule has 0 spiro atoms. The second-order valence-electron chi connectivity index (χ2n) is 8.49. The summed E-state index contributed by atoms with van der Waals surface area (Å²) >= 11 is 0. The van der Waals surface area contributed by atoms with Crippen LogP contribution < -0.4 is 5.32 Å². The Balaban J connectivity index is 1.54. The fraction of sp³-hybridized carbons (Fsp3) is 0.167. The first-order valence-electron chi connectivity index (χ1n) is 11.3. The summed E-state index contributed by atoms with van der Waals surface area (Å²) in [5, 5.41) is 22.6. The standard InChI is InChI=1S/C24H18F5N9O/c1-36-8-7-20(33-36)16-11-17(19(26)12-18(16)24(27,28)29)23(39)30-22-10-14(9-21-31-35-37(2)34-21)32-38(22)15-5-3-13(25)4-6-15/h3-8,10-12H,9H2,1-2H3,(H,30,39). The first kappa shape index (κ1) is 25.7. The molecule has 10 nitrogen and oxygen atoms in total. The third-order valence-corrected chi connectivity index (χ3v) is 5.61. The lowest BCUT2D eigenvalue weighted by atomic mass is 9.99. The minimum Gasteiger partial charge on any atom is -0.306 e. The molecule has 5 rings (SSSR count). The Hall–Kier alpha value is -4.95. The Bertz CT molecular complexity index is 1670. The number of hydrogen-bond donors (Lipinski definition) is 1. The van der Waals surface area contributed by atoms with E-state index in [0.29, 0.717) is 17.2 Å². The quantitative estimate of drug-likeness (QED) is 0.325. The number of carbonyl (C=O) groups is 1. The number of anilines is 1. The normalized spacial score (nSPS) is 11.7. The van der Waals surface area contributed by atoms with Crippen LogP contribution in [0.1, 0.15) is 27.4 Å². The van der Waals surface area contributed by atoms with Gasteiger partial charge in [-0.2, -0.15) is 28.2 Å². The number of hydrogen-bond acceptors (Lipinski definition) is 6. The summed E-state index contributed by atoms with van der Waals surface area (Å²) in [6.07, 6.45) is -3.36. The maximum atomic E-state index is 14.9. The zero-order valence-electron chi connectivity index (χ0n) is 20.3. The van der Waals surface area contributed by atoms with Crippen LogP contribution in [0.2, 0.25) is 0 Å². The number of aromatic nitrogens is 8. The molecule has 200 valence electrons. The highest BCUT2D eigenvalue weighted by Crippen LogP contribution is 2.38. The Morgan fingerprint density at radius 3 is 2.33 bits per heavy atom. The fourth-order valence-electron chi connectivity index (χ4n) is 3.88. The summed E-state index contributed by atoms with van der Waals surface area (Å²) in [5.74, 6) is -2.55. The predicted molar refractivity (Wildman–Crippen MR) is 127 cm³/mol. The topological polar surface area (TPSA) is 108 Å². The van der Waals surface area contributed by atoms with E-state index in [1.165, 1.54) is 63.8 Å². The van der Waals surface area contributed by atoms with E-state index in [1.54, 1.807) is 7.05 Å². The Labute approximate surface area is 216 Å². The maximum Gasteiger partial charge on any atom is 0.417 e. The molecule has 0 aliphatic rings. The molecule has 3 heterocycles. The lowest BCUT2D eigenvalue weighted by Gasteiger charge is -2.15. The molecule has 0 radical (unpaired) electrons. The van der Waals surface area contributed by atoms with Crippen LogP contribution in [0, 0.1) is 11.6 Å². The molecule has 15 heteroatoms. The third kappa shape index (κ3) is 5.37. The number of aryl methyl sites for hydroxylation is 2. The van der Waals surface area contributed by atoms with E-state index >= 15 is 0 Å². The second kappa shape index (κ2) is 9.74. The summed E-state index contributed by atoms with van der Waals surface area (Å²) in [4.78, 5) is 14.4. The van der Waals surface area contributed by atoms with Crippen LogP contribution in [-0.4, -0.2) is 45.7 Å². The van der Waals surface area contributed by atoms with E-state index in [-0.39, 0.29) is 24.0 Å². The van der Waals surface area contributed by atoms with E-state index in [2.05, 4.69) is 30.9 Å². The molecular formula is C24H18F5N9O. The minimum absolute atomic E-state index is 0.0455. The van der Waals surface area contributed by atoms with Crippen LogP contribution in [0.15, 0.2) is 54.7 Å². The van der Waals surface area contributed by atoms with Crippen LogP contribution in [0.25, 0.3) is 16.9 Å². The first-order chi connectivity index (χ1) is 18.5. The zero-order chi connectivity index (χ0) is 27.9. The molecule has 0 aliphatic carbocycles. The van der Waals surface area contributed by atoms with Gasteiger partial charge in [0.15, 0.2) is 5.82 Å². The van der Waals surface area contributed by atoms with Crippen LogP contribution >= 0.6 is 0 Å². The highest BCUT2D eigenvalue weighted by molar-refractivity contribution is 6.05. The van der Waals surface area contributed by atoms with Gasteiger partial charge in [0.2, 0.25) is 0 Å². The maximum absolute atomic E-state index is 14.9. The molecule has 0 aliphatic heterocycles. The van der Waals surface area contributed by atoms with Crippen molar-refractivity contribution in [2.75, 3.05) is 5.32 Å². The van der Waals surface area contributed by atoms with Gasteiger partial charge in [0.25, 0.3) is 5.91 Å². The van der Waals surface area contributed by atoms with Gasteiger partial charge >= 0.3 is 6.18 Å². The smallest absolute Gasteiger partial charge is 0.306 e. The number of alkyl halides is 3. The number of halogens is 5. The predicted octanol–water partition coefficient (Wildman–Crippen LogP) is 3.94. The fourth-order valence-corrected chi connectivity index (χ4v) is 3.88. The molecule has 0 saturated carbocycles. The van der Waals surface area contributed by atoms with E-state index in [0.717, 1.165) is 6.07 Å². The van der Waals surface area contributed by atoms with Gasteiger partial charge in [0, 0.05) is 24.9 Å². The number of benzene rings is 2. The molecule has 0 unspecified atom stereocenters. The largest absolute Gasteiger partial charge is 0.417 e. The van der Waals surface area contributed by atoms with Crippen molar-refractivity contribution >= 4 is 11.7 Å². The molecule has 1 N–H and O–H groups in total. The molecule has 0 bridgehead atoms. The van der Waals surface area contributed by atoms with Gasteiger partial charge in [0.05, 0.1) is 41.7 Å². The van der Waals surface area contributed by atoms with Gasteiger partial charge in [-0.25, -0.2) is 13.5 Å². The Morgan fingerprint density at radius 1 is 0.974 bits per heavy atom. The van der Waals surface area contributed by atoms with Gasteiger partial charge in [-0.05, 0) is 47.7 Å². The number of amides is 1. The summed E-state index contributed by atoms with van der Waals surface area (Å²) in [7, 11) is 3.09. The average molecular weight is 543 g/mol. The summed E-state index contributed by atoms with van der Waals surface area (Å²) in [6.45, 7) is 0. The number of tetrazole rings is 1. The van der Waals surface area contributed by atoms with Crippen molar-refractivity contribution in [3.05, 3.63) is 89.0 Å². The van der Waals surface area contributed by atoms with Crippen molar-refractivity contribution in [2.24, 2.45) is 14.1 Å². The average Bonchev–Trinajstić information content (AvgIpc) is 3.59. The van der Waals surface area contributed by atoms with Gasteiger partial charge < -0.3 is 5.32 Å². The van der Waals surface area contributed by atoms with E-state index in [9.17, 15) is 26.7 Å². The Morgan fingerprint density at radius 2 is 1.72 bits per heavy atom. The van der Waals surface area contributed by atoms with Crippen LogP contribution in [0.4, 0.5) is 27.8 Å². The molecule has 3 aromatic heterocycles. The number of nitrogens with zero attached hydrogens (tertiary/aromatic N) is 8. The molecule has 0 fully saturated rings. The van der Waals surface area contributed by atoms with Gasteiger partial charge in [-0.1, -0.05) is 0 Å². The van der Waals surface area contributed by atoms with Crippen molar-refractivity contribution in [1.82, 2.24) is 39.8 Å². The lowest BCUT2D eigenvalue weighted by Crippen LogP contribution is -2.18. The second-order valence-corrected chi connectivity index (χ2v) is 8.49. The lowest BCUT2D eigenvalue weighted by molar-refractivity contribution is -0.137. The monoisotopic (exact) mass is 543 g/mol. The van der Waals surface area contributed by atoms with Crippen molar-refractivity contribution in [2.45, 2.75) is 12.6 Å². The van der Waals surface area contributed by atoms with E-state index < -0.39 is 40.4 Å². The number of carbonyl (C=O) groups excluding carboxylic acids is 1. The van der Waals surface area contributed by atoms with Gasteiger partial charge in [-0.15, -0.1) is 10.2 Å².